The fourth-order valence-electron chi connectivity index (χ4n) is 2.67. The van der Waals surface area contributed by atoms with Gasteiger partial charge >= 0.3 is 0 Å². The molecule has 4 aromatic rings. The van der Waals surface area contributed by atoms with Crippen molar-refractivity contribution >= 4 is 5.69 Å². The lowest BCUT2D eigenvalue weighted by atomic mass is 10.1. The molecule has 0 saturated carbocycles. The van der Waals surface area contributed by atoms with Crippen molar-refractivity contribution in [1.82, 2.24) is 20.0 Å². The largest absolute Gasteiger partial charge is 0.421 e. The van der Waals surface area contributed by atoms with Gasteiger partial charge in [0.25, 0.3) is 0 Å². The summed E-state index contributed by atoms with van der Waals surface area (Å²) in [4.78, 5) is 0. The molecule has 6 nitrogen and oxygen atoms in total. The molecule has 0 radical (unpaired) electrons. The fraction of sp³-hybridized carbons (Fsp3) is 0.105. The second-order valence-corrected chi connectivity index (χ2v) is 5.64. The van der Waals surface area contributed by atoms with E-state index in [1.165, 1.54) is 0 Å². The quantitative estimate of drug-likeness (QED) is 0.602. The van der Waals surface area contributed by atoms with Gasteiger partial charge < -0.3 is 9.73 Å². The van der Waals surface area contributed by atoms with Gasteiger partial charge in [-0.15, -0.1) is 10.2 Å². The van der Waals surface area contributed by atoms with E-state index in [4.69, 9.17) is 4.42 Å². The molecule has 0 unspecified atom stereocenters. The van der Waals surface area contributed by atoms with E-state index < -0.39 is 0 Å². The molecule has 0 bridgehead atoms. The molecule has 0 fully saturated rings. The summed E-state index contributed by atoms with van der Waals surface area (Å²) in [5.74, 6) is 1.08. The summed E-state index contributed by atoms with van der Waals surface area (Å²) in [5, 5.41) is 15.7. The van der Waals surface area contributed by atoms with Gasteiger partial charge in [-0.05, 0) is 35.9 Å². The second kappa shape index (κ2) is 6.60. The third-order valence-electron chi connectivity index (χ3n) is 3.86. The highest BCUT2D eigenvalue weighted by Crippen LogP contribution is 2.22. The van der Waals surface area contributed by atoms with Crippen LogP contribution in [0.4, 0.5) is 5.69 Å². The maximum atomic E-state index is 5.49. The van der Waals surface area contributed by atoms with Crippen LogP contribution in [0, 0.1) is 6.92 Å². The number of nitrogens with one attached hydrogen (secondary N) is 1. The Morgan fingerprint density at radius 3 is 2.76 bits per heavy atom. The van der Waals surface area contributed by atoms with Crippen molar-refractivity contribution < 1.29 is 4.42 Å². The summed E-state index contributed by atoms with van der Waals surface area (Å²) in [6.07, 6.45) is 3.72. The van der Waals surface area contributed by atoms with Crippen molar-refractivity contribution in [2.24, 2.45) is 0 Å². The Hall–Kier alpha value is -3.41. The predicted molar refractivity (Wildman–Crippen MR) is 95.4 cm³/mol. The molecule has 4 rings (SSSR count). The lowest BCUT2D eigenvalue weighted by Crippen LogP contribution is -2.05. The summed E-state index contributed by atoms with van der Waals surface area (Å²) in [7, 11) is 0. The van der Waals surface area contributed by atoms with Gasteiger partial charge in [-0.3, -0.25) is 0 Å². The number of nitrogens with zero attached hydrogens (tertiary/aromatic N) is 4. The highest BCUT2D eigenvalue weighted by Gasteiger charge is 2.07. The molecule has 0 aliphatic rings. The number of rotatable bonds is 5. The zero-order chi connectivity index (χ0) is 17.1. The Balaban J connectivity index is 1.55. The van der Waals surface area contributed by atoms with Gasteiger partial charge in [0.05, 0.1) is 5.69 Å². The Kier molecular flexibility index (Phi) is 4.00. The second-order valence-electron chi connectivity index (χ2n) is 5.64. The molecule has 25 heavy (non-hydrogen) atoms. The third-order valence-corrected chi connectivity index (χ3v) is 3.86. The first-order valence-electron chi connectivity index (χ1n) is 8.02. The highest BCUT2D eigenvalue weighted by atomic mass is 16.4. The molecule has 0 aliphatic carbocycles. The summed E-state index contributed by atoms with van der Waals surface area (Å²) >= 11 is 0. The molecular formula is C19H17N5O. The predicted octanol–water partition coefficient (Wildman–Crippen LogP) is 3.84. The molecule has 2 aromatic carbocycles. The van der Waals surface area contributed by atoms with E-state index in [0.717, 1.165) is 22.5 Å². The molecule has 2 heterocycles. The fourth-order valence-corrected chi connectivity index (χ4v) is 2.67. The molecule has 124 valence electrons. The Labute approximate surface area is 145 Å². The molecule has 0 atom stereocenters. The Morgan fingerprint density at radius 1 is 1.04 bits per heavy atom. The smallest absolute Gasteiger partial charge is 0.247 e. The summed E-state index contributed by atoms with van der Waals surface area (Å²) in [5.41, 5.74) is 4.10. The maximum Gasteiger partial charge on any atom is 0.247 e. The van der Waals surface area contributed by atoms with Crippen molar-refractivity contribution in [3.8, 4) is 17.1 Å². The van der Waals surface area contributed by atoms with Crippen LogP contribution >= 0.6 is 0 Å². The first-order chi connectivity index (χ1) is 12.3. The molecule has 2 aromatic heterocycles. The van der Waals surface area contributed by atoms with Crippen LogP contribution < -0.4 is 5.32 Å². The van der Waals surface area contributed by atoms with E-state index in [-0.39, 0.29) is 0 Å². The van der Waals surface area contributed by atoms with E-state index in [9.17, 15) is 0 Å². The van der Waals surface area contributed by atoms with Crippen LogP contribution in [-0.2, 0) is 6.54 Å². The van der Waals surface area contributed by atoms with Crippen LogP contribution in [0.1, 0.15) is 11.5 Å². The maximum absolute atomic E-state index is 5.49. The summed E-state index contributed by atoms with van der Waals surface area (Å²) in [6, 6.07) is 18.1. The van der Waals surface area contributed by atoms with Crippen LogP contribution in [-0.4, -0.2) is 20.0 Å². The number of hydrogen-bond acceptors (Lipinski definition) is 5. The Bertz CT molecular complexity index is 975. The highest BCUT2D eigenvalue weighted by molar-refractivity contribution is 5.61. The van der Waals surface area contributed by atoms with Crippen molar-refractivity contribution in [2.45, 2.75) is 13.5 Å². The van der Waals surface area contributed by atoms with Gasteiger partial charge in [0.1, 0.15) is 0 Å². The molecule has 1 N–H and O–H groups in total. The lowest BCUT2D eigenvalue weighted by molar-refractivity contribution is 0.533. The minimum atomic E-state index is 0.526. The monoisotopic (exact) mass is 331 g/mol. The van der Waals surface area contributed by atoms with E-state index in [1.54, 1.807) is 13.1 Å². The number of benzene rings is 2. The van der Waals surface area contributed by atoms with E-state index in [2.05, 4.69) is 32.7 Å². The van der Waals surface area contributed by atoms with Crippen molar-refractivity contribution in [1.29, 1.82) is 0 Å². The zero-order valence-corrected chi connectivity index (χ0v) is 13.8. The molecule has 0 saturated heterocycles. The van der Waals surface area contributed by atoms with E-state index >= 15 is 0 Å². The van der Waals surface area contributed by atoms with Crippen LogP contribution in [0.3, 0.4) is 0 Å². The van der Waals surface area contributed by atoms with Crippen LogP contribution in [0.15, 0.2) is 71.4 Å². The van der Waals surface area contributed by atoms with Gasteiger partial charge in [-0.2, -0.15) is 5.10 Å². The normalized spacial score (nSPS) is 10.8. The lowest BCUT2D eigenvalue weighted by Gasteiger charge is -2.12. The average molecular weight is 331 g/mol. The minimum Gasteiger partial charge on any atom is -0.421 e. The molecular weight excluding hydrogens is 314 g/mol. The van der Waals surface area contributed by atoms with Crippen molar-refractivity contribution in [2.75, 3.05) is 5.32 Å². The topological polar surface area (TPSA) is 68.8 Å². The molecule has 0 spiro atoms. The number of para-hydroxylation sites is 1. The molecule has 0 amide bonds. The van der Waals surface area contributed by atoms with E-state index in [1.807, 2.05) is 53.3 Å². The zero-order valence-electron chi connectivity index (χ0n) is 13.8. The number of aromatic nitrogens is 4. The van der Waals surface area contributed by atoms with Gasteiger partial charge in [0, 0.05) is 37.1 Å². The molecule has 0 aliphatic heterocycles. The van der Waals surface area contributed by atoms with Gasteiger partial charge in [0.15, 0.2) is 0 Å². The molecule has 6 heteroatoms. The van der Waals surface area contributed by atoms with Gasteiger partial charge in [-0.25, -0.2) is 4.68 Å². The van der Waals surface area contributed by atoms with Crippen molar-refractivity contribution in [3.05, 3.63) is 78.4 Å². The third kappa shape index (κ3) is 3.28. The van der Waals surface area contributed by atoms with Crippen molar-refractivity contribution in [3.63, 3.8) is 0 Å². The SMILES string of the molecule is Cc1nnc(-c2cccc(NCc3ccccc3-n3cccn3)c2)o1. The minimum absolute atomic E-state index is 0.526. The van der Waals surface area contributed by atoms with Gasteiger partial charge in [-0.1, -0.05) is 24.3 Å². The summed E-state index contributed by atoms with van der Waals surface area (Å²) < 4.78 is 7.36. The number of hydrogen-bond donors (Lipinski definition) is 1. The first kappa shape index (κ1) is 15.1. The van der Waals surface area contributed by atoms with E-state index in [0.29, 0.717) is 18.3 Å². The Morgan fingerprint density at radius 2 is 1.96 bits per heavy atom. The van der Waals surface area contributed by atoms with Crippen LogP contribution in [0.5, 0.6) is 0 Å². The van der Waals surface area contributed by atoms with Crippen LogP contribution in [0.25, 0.3) is 17.1 Å². The van der Waals surface area contributed by atoms with Crippen LogP contribution in [0.2, 0.25) is 0 Å². The average Bonchev–Trinajstić information content (AvgIpc) is 3.32. The first-order valence-corrected chi connectivity index (χ1v) is 8.02. The number of anilines is 1. The number of aryl methyl sites for hydroxylation is 1. The standard InChI is InChI=1S/C19H17N5O/c1-14-22-23-19(25-14)15-7-4-8-17(12-15)20-13-16-6-2-3-9-18(16)24-11-5-10-21-24/h2-12,20H,13H2,1H3. The van der Waals surface area contributed by atoms with Gasteiger partial charge in [0.2, 0.25) is 11.8 Å². The summed E-state index contributed by atoms with van der Waals surface area (Å²) in [6.45, 7) is 2.47.